The number of halogens is 1. The number of benzene rings is 1. The first kappa shape index (κ1) is 13.0. The normalized spacial score (nSPS) is 16.8. The second-order valence-electron chi connectivity index (χ2n) is 4.26. The molecule has 1 aliphatic heterocycles. The fourth-order valence-corrected chi connectivity index (χ4v) is 2.93. The summed E-state index contributed by atoms with van der Waals surface area (Å²) < 4.78 is 25.2. The highest BCUT2D eigenvalue weighted by molar-refractivity contribution is 7.85. The zero-order valence-corrected chi connectivity index (χ0v) is 10.7. The molecule has 1 aromatic rings. The molecule has 4 nitrogen and oxygen atoms in total. The van der Waals surface area contributed by atoms with Crippen molar-refractivity contribution in [2.45, 2.75) is 17.7 Å². The van der Waals surface area contributed by atoms with Crippen LogP contribution in [0.3, 0.4) is 0 Å². The fourth-order valence-electron chi connectivity index (χ4n) is 1.90. The van der Waals surface area contributed by atoms with Gasteiger partial charge in [-0.3, -0.25) is 9.00 Å². The van der Waals surface area contributed by atoms with Gasteiger partial charge in [-0.2, -0.15) is 0 Å². The van der Waals surface area contributed by atoms with E-state index in [2.05, 4.69) is 0 Å². The first-order valence-electron chi connectivity index (χ1n) is 5.79. The molecule has 0 spiro atoms. The molecular formula is C12H15FN2O2S. The van der Waals surface area contributed by atoms with E-state index in [0.717, 1.165) is 32.0 Å². The van der Waals surface area contributed by atoms with Crippen molar-refractivity contribution < 1.29 is 13.4 Å². The third-order valence-corrected chi connectivity index (χ3v) is 4.24. The highest BCUT2D eigenvalue weighted by atomic mass is 32.2. The van der Waals surface area contributed by atoms with Crippen molar-refractivity contribution >= 4 is 22.4 Å². The highest BCUT2D eigenvalue weighted by Gasteiger charge is 2.20. The Bertz CT molecular complexity index is 487. The van der Waals surface area contributed by atoms with Crippen LogP contribution in [0.4, 0.5) is 10.1 Å². The van der Waals surface area contributed by atoms with Gasteiger partial charge >= 0.3 is 0 Å². The van der Waals surface area contributed by atoms with Gasteiger partial charge in [0.25, 0.3) is 0 Å². The van der Waals surface area contributed by atoms with Crippen LogP contribution in [0.5, 0.6) is 0 Å². The van der Waals surface area contributed by atoms with Crippen molar-refractivity contribution in [1.29, 1.82) is 0 Å². The Morgan fingerprint density at radius 1 is 1.39 bits per heavy atom. The molecule has 0 aromatic heterocycles. The minimum absolute atomic E-state index is 0.0154. The number of hydrogen-bond donors (Lipinski definition) is 1. The zero-order chi connectivity index (χ0) is 13.1. The van der Waals surface area contributed by atoms with Gasteiger partial charge < -0.3 is 10.6 Å². The summed E-state index contributed by atoms with van der Waals surface area (Å²) in [6.07, 6.45) is 1.99. The standard InChI is InChI=1S/C12H15FN2O2S/c13-10-7-9(3-4-11(10)14)18(17)8-12(16)15-5-1-2-6-15/h3-4,7H,1-2,5-6,8,14H2. The number of amides is 1. The van der Waals surface area contributed by atoms with Crippen LogP contribution in [0, 0.1) is 5.82 Å². The summed E-state index contributed by atoms with van der Waals surface area (Å²) in [5.41, 5.74) is 5.36. The molecule has 6 heteroatoms. The maximum Gasteiger partial charge on any atom is 0.235 e. The summed E-state index contributed by atoms with van der Waals surface area (Å²) in [7, 11) is -1.51. The minimum Gasteiger partial charge on any atom is -0.396 e. The molecule has 0 saturated carbocycles. The van der Waals surface area contributed by atoms with E-state index in [1.165, 1.54) is 12.1 Å². The first-order chi connectivity index (χ1) is 8.58. The average Bonchev–Trinajstić information content (AvgIpc) is 2.86. The van der Waals surface area contributed by atoms with Gasteiger partial charge in [0, 0.05) is 18.0 Å². The van der Waals surface area contributed by atoms with Crippen molar-refractivity contribution in [2.24, 2.45) is 0 Å². The number of carbonyl (C=O) groups excluding carboxylic acids is 1. The Morgan fingerprint density at radius 3 is 2.67 bits per heavy atom. The molecule has 1 unspecified atom stereocenters. The Kier molecular flexibility index (Phi) is 3.96. The van der Waals surface area contributed by atoms with Crippen LogP contribution in [0.25, 0.3) is 0 Å². The molecule has 1 saturated heterocycles. The minimum atomic E-state index is -1.51. The second kappa shape index (κ2) is 5.48. The maximum atomic E-state index is 13.2. The van der Waals surface area contributed by atoms with Crippen LogP contribution in [0.1, 0.15) is 12.8 Å². The van der Waals surface area contributed by atoms with Crippen LogP contribution in [0.2, 0.25) is 0 Å². The molecule has 0 radical (unpaired) electrons. The van der Waals surface area contributed by atoms with Crippen molar-refractivity contribution in [3.8, 4) is 0 Å². The van der Waals surface area contributed by atoms with Gasteiger partial charge in [0.1, 0.15) is 11.6 Å². The van der Waals surface area contributed by atoms with Crippen molar-refractivity contribution in [1.82, 2.24) is 4.90 Å². The third-order valence-electron chi connectivity index (χ3n) is 2.95. The molecule has 1 aliphatic rings. The van der Waals surface area contributed by atoms with E-state index in [1.54, 1.807) is 4.90 Å². The van der Waals surface area contributed by atoms with Gasteiger partial charge in [-0.15, -0.1) is 0 Å². The number of anilines is 1. The molecule has 1 heterocycles. The summed E-state index contributed by atoms with van der Waals surface area (Å²) in [6.45, 7) is 1.46. The molecule has 18 heavy (non-hydrogen) atoms. The largest absolute Gasteiger partial charge is 0.396 e. The van der Waals surface area contributed by atoms with Gasteiger partial charge in [0.15, 0.2) is 0 Å². The van der Waals surface area contributed by atoms with Crippen molar-refractivity contribution in [3.63, 3.8) is 0 Å². The topological polar surface area (TPSA) is 63.4 Å². The van der Waals surface area contributed by atoms with Gasteiger partial charge in [-0.05, 0) is 31.0 Å². The highest BCUT2D eigenvalue weighted by Crippen LogP contribution is 2.16. The molecular weight excluding hydrogens is 255 g/mol. The third kappa shape index (κ3) is 2.87. The lowest BCUT2D eigenvalue weighted by Gasteiger charge is -2.14. The molecule has 2 N–H and O–H groups in total. The monoisotopic (exact) mass is 270 g/mol. The summed E-state index contributed by atoms with van der Waals surface area (Å²) in [4.78, 5) is 13.8. The second-order valence-corrected chi connectivity index (χ2v) is 5.71. The lowest BCUT2D eigenvalue weighted by molar-refractivity contribution is -0.127. The Balaban J connectivity index is 2.02. The van der Waals surface area contributed by atoms with Gasteiger partial charge in [-0.1, -0.05) is 0 Å². The predicted octanol–water partition coefficient (Wildman–Crippen LogP) is 1.14. The SMILES string of the molecule is Nc1ccc(S(=O)CC(=O)N2CCCC2)cc1F. The molecule has 1 aromatic carbocycles. The summed E-state index contributed by atoms with van der Waals surface area (Å²) in [6, 6.07) is 3.98. The maximum absolute atomic E-state index is 13.2. The van der Waals surface area contributed by atoms with Gasteiger partial charge in [-0.25, -0.2) is 4.39 Å². The number of rotatable bonds is 3. The van der Waals surface area contributed by atoms with Gasteiger partial charge in [0.2, 0.25) is 5.91 Å². The van der Waals surface area contributed by atoms with E-state index >= 15 is 0 Å². The van der Waals surface area contributed by atoms with E-state index in [-0.39, 0.29) is 17.3 Å². The van der Waals surface area contributed by atoms with Gasteiger partial charge in [0.05, 0.1) is 16.5 Å². The van der Waals surface area contributed by atoms with E-state index in [1.807, 2.05) is 0 Å². The quantitative estimate of drug-likeness (QED) is 0.838. The molecule has 1 atom stereocenters. The molecule has 1 amide bonds. The van der Waals surface area contributed by atoms with Crippen LogP contribution in [0.15, 0.2) is 23.1 Å². The summed E-state index contributed by atoms with van der Waals surface area (Å²) in [5.74, 6) is -0.832. The Morgan fingerprint density at radius 2 is 2.06 bits per heavy atom. The molecule has 1 fully saturated rings. The smallest absolute Gasteiger partial charge is 0.235 e. The molecule has 98 valence electrons. The van der Waals surface area contributed by atoms with E-state index < -0.39 is 16.6 Å². The molecule has 2 rings (SSSR count). The fraction of sp³-hybridized carbons (Fsp3) is 0.417. The average molecular weight is 270 g/mol. The number of nitrogens with zero attached hydrogens (tertiary/aromatic N) is 1. The number of carbonyl (C=O) groups is 1. The molecule has 0 bridgehead atoms. The lowest BCUT2D eigenvalue weighted by atomic mass is 10.3. The number of nitrogens with two attached hydrogens (primary N) is 1. The van der Waals surface area contributed by atoms with Crippen LogP contribution in [-0.2, 0) is 15.6 Å². The first-order valence-corrected chi connectivity index (χ1v) is 7.11. The van der Waals surface area contributed by atoms with Crippen LogP contribution in [-0.4, -0.2) is 33.9 Å². The Hall–Kier alpha value is -1.43. The predicted molar refractivity (Wildman–Crippen MR) is 67.9 cm³/mol. The summed E-state index contributed by atoms with van der Waals surface area (Å²) in [5, 5.41) is 0. The number of likely N-dealkylation sites (tertiary alicyclic amines) is 1. The Labute approximate surface area is 107 Å². The summed E-state index contributed by atoms with van der Waals surface area (Å²) >= 11 is 0. The lowest BCUT2D eigenvalue weighted by Crippen LogP contribution is -2.31. The van der Waals surface area contributed by atoms with E-state index in [9.17, 15) is 13.4 Å². The van der Waals surface area contributed by atoms with Crippen molar-refractivity contribution in [2.75, 3.05) is 24.6 Å². The van der Waals surface area contributed by atoms with Crippen LogP contribution >= 0.6 is 0 Å². The van der Waals surface area contributed by atoms with Crippen molar-refractivity contribution in [3.05, 3.63) is 24.0 Å². The van der Waals surface area contributed by atoms with E-state index in [0.29, 0.717) is 4.90 Å². The van der Waals surface area contributed by atoms with E-state index in [4.69, 9.17) is 5.73 Å². The number of hydrogen-bond acceptors (Lipinski definition) is 3. The zero-order valence-electron chi connectivity index (χ0n) is 9.89. The molecule has 0 aliphatic carbocycles. The number of nitrogen functional groups attached to an aromatic ring is 1. The van der Waals surface area contributed by atoms with Crippen LogP contribution < -0.4 is 5.73 Å².